The average molecular weight is 301 g/mol. The van der Waals surface area contributed by atoms with Gasteiger partial charge in [-0.1, -0.05) is 6.07 Å². The van der Waals surface area contributed by atoms with Crippen molar-refractivity contribution in [3.8, 4) is 17.9 Å². The van der Waals surface area contributed by atoms with Gasteiger partial charge in [-0.2, -0.15) is 10.5 Å². The van der Waals surface area contributed by atoms with E-state index >= 15 is 0 Å². The van der Waals surface area contributed by atoms with E-state index in [9.17, 15) is 5.26 Å². The van der Waals surface area contributed by atoms with Crippen LogP contribution in [0.5, 0.6) is 5.75 Å². The molecule has 4 nitrogen and oxygen atoms in total. The lowest BCUT2D eigenvalue weighted by Crippen LogP contribution is -2.41. The monoisotopic (exact) mass is 301 g/mol. The number of methoxy groups -OCH3 is 1. The Kier molecular flexibility index (Phi) is 5.12. The Labute approximate surface area is 130 Å². The van der Waals surface area contributed by atoms with Crippen LogP contribution in [0.25, 0.3) is 0 Å². The highest BCUT2D eigenvalue weighted by Crippen LogP contribution is 2.34. The third-order valence-corrected chi connectivity index (χ3v) is 5.33. The van der Waals surface area contributed by atoms with Gasteiger partial charge in [0.15, 0.2) is 0 Å². The van der Waals surface area contributed by atoms with Gasteiger partial charge in [0, 0.05) is 19.6 Å². The zero-order valence-electron chi connectivity index (χ0n) is 12.4. The molecule has 0 radical (unpaired) electrons. The maximum atomic E-state index is 9.31. The van der Waals surface area contributed by atoms with Crippen molar-refractivity contribution in [2.75, 3.05) is 26.5 Å². The average Bonchev–Trinajstić information content (AvgIpc) is 2.55. The molecule has 0 aromatic heterocycles. The number of nitrogens with zero attached hydrogens (tertiary/aromatic N) is 3. The van der Waals surface area contributed by atoms with Crippen LogP contribution in [0.3, 0.4) is 0 Å². The minimum Gasteiger partial charge on any atom is -0.495 e. The lowest BCUT2D eigenvalue weighted by molar-refractivity contribution is 0.209. The van der Waals surface area contributed by atoms with Crippen molar-refractivity contribution in [3.63, 3.8) is 0 Å². The first-order valence-electron chi connectivity index (χ1n) is 6.92. The summed E-state index contributed by atoms with van der Waals surface area (Å²) in [7, 11) is 1.58. The fraction of sp³-hybridized carbons (Fsp3) is 0.500. The summed E-state index contributed by atoms with van der Waals surface area (Å²) in [6.45, 7) is 2.69. The normalized spacial score (nSPS) is 17.7. The molecule has 0 amide bonds. The number of ether oxygens (including phenoxy) is 1. The highest BCUT2D eigenvalue weighted by molar-refractivity contribution is 8.00. The first kappa shape index (κ1) is 15.7. The molecular formula is C16H19N3OS. The molecule has 21 heavy (non-hydrogen) atoms. The summed E-state index contributed by atoms with van der Waals surface area (Å²) in [5.41, 5.74) is 1.70. The third-order valence-electron chi connectivity index (χ3n) is 4.05. The molecular weight excluding hydrogens is 282 g/mol. The van der Waals surface area contributed by atoms with Crippen LogP contribution in [-0.2, 0) is 6.54 Å². The van der Waals surface area contributed by atoms with Gasteiger partial charge in [-0.15, -0.1) is 11.8 Å². The first-order chi connectivity index (χ1) is 10.2. The largest absolute Gasteiger partial charge is 0.495 e. The van der Waals surface area contributed by atoms with Crippen LogP contribution < -0.4 is 4.74 Å². The van der Waals surface area contributed by atoms with Gasteiger partial charge in [0.2, 0.25) is 0 Å². The van der Waals surface area contributed by atoms with Gasteiger partial charge in [-0.3, -0.25) is 4.90 Å². The molecule has 2 rings (SSSR count). The molecule has 1 saturated heterocycles. The number of hydrogen-bond donors (Lipinski definition) is 0. The Balaban J connectivity index is 2.01. The standard InChI is InChI=1S/C16H19N3OS/c1-20-15-9-13(3-4-14(15)10-17)11-19-7-5-16(12-18,21-2)6-8-19/h3-4,9H,5-8,11H2,1-2H3. The van der Waals surface area contributed by atoms with Crippen molar-refractivity contribution in [2.24, 2.45) is 0 Å². The van der Waals surface area contributed by atoms with Crippen LogP contribution in [0.2, 0.25) is 0 Å². The molecule has 110 valence electrons. The fourth-order valence-electron chi connectivity index (χ4n) is 2.62. The van der Waals surface area contributed by atoms with E-state index in [1.807, 2.05) is 18.4 Å². The first-order valence-corrected chi connectivity index (χ1v) is 8.14. The van der Waals surface area contributed by atoms with Crippen molar-refractivity contribution in [3.05, 3.63) is 29.3 Å². The predicted octanol–water partition coefficient (Wildman–Crippen LogP) is 2.79. The van der Waals surface area contributed by atoms with Gasteiger partial charge in [0.25, 0.3) is 0 Å². The number of likely N-dealkylation sites (tertiary alicyclic amines) is 1. The van der Waals surface area contributed by atoms with E-state index in [0.29, 0.717) is 11.3 Å². The number of hydrogen-bond acceptors (Lipinski definition) is 5. The number of rotatable bonds is 4. The maximum absolute atomic E-state index is 9.31. The van der Waals surface area contributed by atoms with Gasteiger partial charge in [-0.25, -0.2) is 0 Å². The van der Waals surface area contributed by atoms with Gasteiger partial charge in [0.05, 0.1) is 18.7 Å². The van der Waals surface area contributed by atoms with E-state index in [1.165, 1.54) is 0 Å². The summed E-state index contributed by atoms with van der Waals surface area (Å²) in [5, 5.41) is 18.3. The molecule has 0 spiro atoms. The van der Waals surface area contributed by atoms with E-state index in [1.54, 1.807) is 24.9 Å². The molecule has 1 aliphatic heterocycles. The molecule has 1 aliphatic rings. The fourth-order valence-corrected chi connectivity index (χ4v) is 3.30. The number of thioether (sulfide) groups is 1. The van der Waals surface area contributed by atoms with Crippen molar-refractivity contribution >= 4 is 11.8 Å². The second-order valence-electron chi connectivity index (χ2n) is 5.23. The summed E-state index contributed by atoms with van der Waals surface area (Å²) < 4.78 is 5.04. The maximum Gasteiger partial charge on any atom is 0.136 e. The molecule has 1 heterocycles. The molecule has 1 aromatic rings. The summed E-state index contributed by atoms with van der Waals surface area (Å²) in [6.07, 6.45) is 3.82. The second kappa shape index (κ2) is 6.85. The number of benzene rings is 1. The third kappa shape index (κ3) is 3.50. The van der Waals surface area contributed by atoms with Crippen LogP contribution in [0.4, 0.5) is 0 Å². The minimum absolute atomic E-state index is 0.209. The van der Waals surface area contributed by atoms with Crippen molar-refractivity contribution in [2.45, 2.75) is 24.1 Å². The highest BCUT2D eigenvalue weighted by Gasteiger charge is 2.33. The van der Waals surface area contributed by atoms with Gasteiger partial charge in [-0.05, 0) is 36.8 Å². The SMILES string of the molecule is COc1cc(CN2CCC(C#N)(SC)CC2)ccc1C#N. The van der Waals surface area contributed by atoms with Crippen molar-refractivity contribution in [1.29, 1.82) is 10.5 Å². The quantitative estimate of drug-likeness (QED) is 0.856. The predicted molar refractivity (Wildman–Crippen MR) is 84.1 cm³/mol. The molecule has 0 atom stereocenters. The van der Waals surface area contributed by atoms with Gasteiger partial charge >= 0.3 is 0 Å². The Morgan fingerprint density at radius 1 is 1.33 bits per heavy atom. The van der Waals surface area contributed by atoms with Crippen LogP contribution in [0, 0.1) is 22.7 Å². The highest BCUT2D eigenvalue weighted by atomic mass is 32.2. The summed E-state index contributed by atoms with van der Waals surface area (Å²) >= 11 is 1.67. The van der Waals surface area contributed by atoms with Crippen molar-refractivity contribution < 1.29 is 4.74 Å². The van der Waals surface area contributed by atoms with E-state index in [0.717, 1.165) is 38.0 Å². The van der Waals surface area contributed by atoms with Gasteiger partial charge < -0.3 is 4.74 Å². The molecule has 1 aromatic carbocycles. The molecule has 5 heteroatoms. The Hall–Kier alpha value is -1.69. The topological polar surface area (TPSA) is 60.0 Å². The Morgan fingerprint density at radius 3 is 2.57 bits per heavy atom. The zero-order chi connectivity index (χ0) is 15.3. The van der Waals surface area contributed by atoms with Crippen LogP contribution in [0.1, 0.15) is 24.0 Å². The zero-order valence-corrected chi connectivity index (χ0v) is 13.2. The van der Waals surface area contributed by atoms with Crippen molar-refractivity contribution in [1.82, 2.24) is 4.90 Å². The Morgan fingerprint density at radius 2 is 2.05 bits per heavy atom. The summed E-state index contributed by atoms with van der Waals surface area (Å²) in [5.74, 6) is 0.627. The lowest BCUT2D eigenvalue weighted by atomic mass is 9.97. The van der Waals surface area contributed by atoms with E-state index in [2.05, 4.69) is 17.0 Å². The smallest absolute Gasteiger partial charge is 0.136 e. The molecule has 0 unspecified atom stereocenters. The summed E-state index contributed by atoms with van der Waals surface area (Å²) in [6, 6.07) is 10.3. The van der Waals surface area contributed by atoms with Crippen LogP contribution in [0.15, 0.2) is 18.2 Å². The van der Waals surface area contributed by atoms with E-state index < -0.39 is 0 Å². The minimum atomic E-state index is -0.209. The van der Waals surface area contributed by atoms with Crippen LogP contribution >= 0.6 is 11.8 Å². The molecule has 0 saturated carbocycles. The molecule has 0 N–H and O–H groups in total. The number of piperidine rings is 1. The van der Waals surface area contributed by atoms with Crippen LogP contribution in [-0.4, -0.2) is 36.1 Å². The second-order valence-corrected chi connectivity index (χ2v) is 6.42. The molecule has 1 fully saturated rings. The lowest BCUT2D eigenvalue weighted by Gasteiger charge is -2.36. The van der Waals surface area contributed by atoms with E-state index in [4.69, 9.17) is 10.00 Å². The number of nitriles is 2. The van der Waals surface area contributed by atoms with E-state index in [-0.39, 0.29) is 4.75 Å². The molecule has 0 aliphatic carbocycles. The molecule has 0 bridgehead atoms. The Bertz CT molecular complexity index is 580. The summed E-state index contributed by atoms with van der Waals surface area (Å²) in [4.78, 5) is 2.35. The van der Waals surface area contributed by atoms with Gasteiger partial charge in [0.1, 0.15) is 16.6 Å².